The van der Waals surface area contributed by atoms with E-state index in [1.54, 1.807) is 62.0 Å². The second-order valence-electron chi connectivity index (χ2n) is 8.82. The Labute approximate surface area is 230 Å². The Kier molecular flexibility index (Phi) is 8.36. The number of nitrogens with zero attached hydrogens (tertiary/aromatic N) is 3. The Balaban J connectivity index is 1.57. The molecule has 39 heavy (non-hydrogen) atoms. The monoisotopic (exact) mass is 603 g/mol. The van der Waals surface area contributed by atoms with Gasteiger partial charge in [-0.3, -0.25) is 14.3 Å². The Morgan fingerprint density at radius 1 is 1.05 bits per heavy atom. The molecule has 0 bridgehead atoms. The fraction of sp³-hybridized carbons (Fsp3) is 0.259. The van der Waals surface area contributed by atoms with Crippen molar-refractivity contribution in [1.29, 1.82) is 0 Å². The average molecular weight is 604 g/mol. The number of nitrogens with one attached hydrogen (secondary N) is 2. The largest absolute Gasteiger partial charge is 0.433 e. The first kappa shape index (κ1) is 28.2. The highest BCUT2D eigenvalue weighted by Gasteiger charge is 2.34. The predicted molar refractivity (Wildman–Crippen MR) is 144 cm³/mol. The van der Waals surface area contributed by atoms with Gasteiger partial charge < -0.3 is 15.4 Å². The van der Waals surface area contributed by atoms with Crippen molar-refractivity contribution in [3.05, 3.63) is 86.8 Å². The van der Waals surface area contributed by atoms with Crippen molar-refractivity contribution in [2.45, 2.75) is 26.6 Å². The first-order valence-electron chi connectivity index (χ1n) is 11.9. The maximum absolute atomic E-state index is 13.5. The molecule has 0 unspecified atom stereocenters. The van der Waals surface area contributed by atoms with Crippen molar-refractivity contribution in [1.82, 2.24) is 20.1 Å². The van der Waals surface area contributed by atoms with Gasteiger partial charge >= 0.3 is 6.18 Å². The van der Waals surface area contributed by atoms with Crippen molar-refractivity contribution < 1.29 is 27.5 Å². The smallest absolute Gasteiger partial charge is 0.383 e. The van der Waals surface area contributed by atoms with Crippen molar-refractivity contribution >= 4 is 44.3 Å². The number of pyridine rings is 1. The Bertz CT molecular complexity index is 1530. The lowest BCUT2D eigenvalue weighted by Gasteiger charge is -2.13. The number of hydrogen-bond donors (Lipinski definition) is 2. The van der Waals surface area contributed by atoms with Gasteiger partial charge in [0.1, 0.15) is 5.69 Å². The van der Waals surface area contributed by atoms with Gasteiger partial charge in [-0.05, 0) is 55.8 Å². The quantitative estimate of drug-likeness (QED) is 0.259. The van der Waals surface area contributed by atoms with E-state index in [1.165, 1.54) is 6.07 Å². The van der Waals surface area contributed by atoms with E-state index in [0.717, 1.165) is 11.6 Å². The van der Waals surface area contributed by atoms with Gasteiger partial charge in [0.2, 0.25) is 0 Å². The van der Waals surface area contributed by atoms with Crippen LogP contribution in [0.2, 0.25) is 0 Å². The summed E-state index contributed by atoms with van der Waals surface area (Å²) in [6, 6.07) is 12.3. The van der Waals surface area contributed by atoms with Crippen LogP contribution in [0.4, 0.5) is 18.9 Å². The number of alkyl halides is 3. The SMILES string of the molecule is COCCNC(=O)c1ccc(Cn2nc(C)c(NC(=O)c3cc(C(F)(F)F)nc4ccc(Br)cc34)c2C)cc1. The molecule has 0 saturated carbocycles. The van der Waals surface area contributed by atoms with E-state index in [2.05, 4.69) is 36.6 Å². The summed E-state index contributed by atoms with van der Waals surface area (Å²) in [7, 11) is 1.56. The molecule has 0 aliphatic carbocycles. The van der Waals surface area contributed by atoms with E-state index < -0.39 is 17.8 Å². The summed E-state index contributed by atoms with van der Waals surface area (Å²) in [5, 5.41) is 10.3. The molecule has 4 aromatic rings. The van der Waals surface area contributed by atoms with Crippen LogP contribution < -0.4 is 10.6 Å². The molecular formula is C27H25BrF3N5O3. The van der Waals surface area contributed by atoms with Crippen LogP contribution in [0.1, 0.15) is 43.4 Å². The molecule has 4 rings (SSSR count). The third kappa shape index (κ3) is 6.45. The van der Waals surface area contributed by atoms with Gasteiger partial charge in [-0.1, -0.05) is 28.1 Å². The molecule has 0 aliphatic heterocycles. The van der Waals surface area contributed by atoms with E-state index >= 15 is 0 Å². The lowest BCUT2D eigenvalue weighted by molar-refractivity contribution is -0.141. The summed E-state index contributed by atoms with van der Waals surface area (Å²) >= 11 is 3.30. The Morgan fingerprint density at radius 2 is 1.77 bits per heavy atom. The van der Waals surface area contributed by atoms with Gasteiger partial charge in [0, 0.05) is 29.1 Å². The number of benzene rings is 2. The molecule has 8 nitrogen and oxygen atoms in total. The number of aromatic nitrogens is 3. The zero-order valence-corrected chi connectivity index (χ0v) is 22.9. The maximum Gasteiger partial charge on any atom is 0.433 e. The van der Waals surface area contributed by atoms with Crippen LogP contribution in [-0.2, 0) is 17.5 Å². The minimum atomic E-state index is -4.72. The van der Waals surface area contributed by atoms with Crippen LogP contribution in [0.3, 0.4) is 0 Å². The summed E-state index contributed by atoms with van der Waals surface area (Å²) in [6.45, 7) is 4.64. The highest BCUT2D eigenvalue weighted by atomic mass is 79.9. The van der Waals surface area contributed by atoms with Gasteiger partial charge in [0.15, 0.2) is 0 Å². The van der Waals surface area contributed by atoms with Gasteiger partial charge in [0.25, 0.3) is 11.8 Å². The van der Waals surface area contributed by atoms with Crippen molar-refractivity contribution in [2.75, 3.05) is 25.6 Å². The van der Waals surface area contributed by atoms with E-state index in [1.807, 2.05) is 0 Å². The number of aryl methyl sites for hydroxylation is 1. The lowest BCUT2D eigenvalue weighted by atomic mass is 10.1. The second kappa shape index (κ2) is 11.5. The number of hydrogen-bond acceptors (Lipinski definition) is 5. The zero-order valence-electron chi connectivity index (χ0n) is 21.3. The number of rotatable bonds is 8. The van der Waals surface area contributed by atoms with E-state index in [4.69, 9.17) is 4.74 Å². The van der Waals surface area contributed by atoms with Crippen molar-refractivity contribution in [3.63, 3.8) is 0 Å². The van der Waals surface area contributed by atoms with Gasteiger partial charge in [-0.2, -0.15) is 18.3 Å². The molecule has 2 aromatic carbocycles. The summed E-state index contributed by atoms with van der Waals surface area (Å²) in [4.78, 5) is 29.2. The normalized spacial score (nSPS) is 11.6. The number of anilines is 1. The third-order valence-corrected chi connectivity index (χ3v) is 6.56. The Morgan fingerprint density at radius 3 is 2.44 bits per heavy atom. The molecule has 204 valence electrons. The molecule has 0 saturated heterocycles. The standard InChI is InChI=1S/C27H25BrF3N5O3/c1-15-24(16(2)36(35-15)14-17-4-6-18(7-5-17)25(37)32-10-11-39-3)34-26(38)21-13-23(27(29,30)31)33-22-9-8-19(28)12-20(21)22/h4-9,12-13H,10-11,14H2,1-3H3,(H,32,37)(H,34,38). The summed E-state index contributed by atoms with van der Waals surface area (Å²) in [6.07, 6.45) is -4.72. The molecule has 2 amide bonds. The van der Waals surface area contributed by atoms with Crippen LogP contribution in [0.25, 0.3) is 10.9 Å². The number of fused-ring (bicyclic) bond motifs is 1. The highest BCUT2D eigenvalue weighted by molar-refractivity contribution is 9.10. The number of carbonyl (C=O) groups is 2. The van der Waals surface area contributed by atoms with Gasteiger partial charge in [0.05, 0.1) is 41.3 Å². The predicted octanol–water partition coefficient (Wildman–Crippen LogP) is 5.51. The number of methoxy groups -OCH3 is 1. The van der Waals surface area contributed by atoms with Gasteiger partial charge in [-0.15, -0.1) is 0 Å². The molecule has 0 fully saturated rings. The van der Waals surface area contributed by atoms with E-state index in [0.29, 0.717) is 46.8 Å². The second-order valence-corrected chi connectivity index (χ2v) is 9.73. The van der Waals surface area contributed by atoms with Crippen LogP contribution in [0, 0.1) is 13.8 Å². The first-order chi connectivity index (χ1) is 18.5. The lowest BCUT2D eigenvalue weighted by Crippen LogP contribution is -2.26. The Hall–Kier alpha value is -3.77. The fourth-order valence-corrected chi connectivity index (χ4v) is 4.41. The van der Waals surface area contributed by atoms with E-state index in [-0.39, 0.29) is 22.4 Å². The first-order valence-corrected chi connectivity index (χ1v) is 12.7. The zero-order chi connectivity index (χ0) is 28.3. The summed E-state index contributed by atoms with van der Waals surface area (Å²) < 4.78 is 47.7. The van der Waals surface area contributed by atoms with Gasteiger partial charge in [-0.25, -0.2) is 4.98 Å². The topological polar surface area (TPSA) is 98.1 Å². The van der Waals surface area contributed by atoms with Crippen LogP contribution in [0.5, 0.6) is 0 Å². The highest BCUT2D eigenvalue weighted by Crippen LogP contribution is 2.32. The molecule has 0 spiro atoms. The number of ether oxygens (including phenoxy) is 1. The van der Waals surface area contributed by atoms with Crippen LogP contribution in [-0.4, -0.2) is 46.8 Å². The third-order valence-electron chi connectivity index (χ3n) is 6.07. The van der Waals surface area contributed by atoms with Crippen LogP contribution in [0.15, 0.2) is 53.0 Å². The molecule has 2 heterocycles. The number of carbonyl (C=O) groups excluding carboxylic acids is 2. The molecular weight excluding hydrogens is 579 g/mol. The minimum Gasteiger partial charge on any atom is -0.383 e. The summed E-state index contributed by atoms with van der Waals surface area (Å²) in [5.74, 6) is -0.917. The molecule has 0 aliphatic rings. The van der Waals surface area contributed by atoms with Crippen molar-refractivity contribution in [2.24, 2.45) is 0 Å². The minimum absolute atomic E-state index is 0.0538. The maximum atomic E-state index is 13.5. The molecule has 2 N–H and O–H groups in total. The fourth-order valence-electron chi connectivity index (χ4n) is 4.05. The van der Waals surface area contributed by atoms with E-state index in [9.17, 15) is 22.8 Å². The molecule has 0 radical (unpaired) electrons. The summed E-state index contributed by atoms with van der Waals surface area (Å²) in [5.41, 5.74) is 1.66. The number of amides is 2. The molecule has 0 atom stereocenters. The van der Waals surface area contributed by atoms with Crippen molar-refractivity contribution in [3.8, 4) is 0 Å². The number of halogens is 4. The molecule has 12 heteroatoms. The average Bonchev–Trinajstić information content (AvgIpc) is 3.15. The van der Waals surface area contributed by atoms with Crippen LogP contribution >= 0.6 is 15.9 Å². The molecule has 2 aromatic heterocycles.